The standard InChI is InChI=1S/C17H22ClN3O2/c18-15-5-1-3-13(9-15)10-16-19-17(21(20-16)6-7-22)11-14-4-2-8-23-12-14/h1,3,5,9,14,22H,2,4,6-8,10-12H2. The smallest absolute Gasteiger partial charge is 0.155 e. The van der Waals surface area contributed by atoms with Gasteiger partial charge in [-0.05, 0) is 36.5 Å². The van der Waals surface area contributed by atoms with Gasteiger partial charge in [-0.3, -0.25) is 0 Å². The molecule has 5 nitrogen and oxygen atoms in total. The Morgan fingerprint density at radius 3 is 3.04 bits per heavy atom. The van der Waals surface area contributed by atoms with Crippen LogP contribution in [0.15, 0.2) is 24.3 Å². The van der Waals surface area contributed by atoms with Crippen molar-refractivity contribution in [3.8, 4) is 0 Å². The fourth-order valence-electron chi connectivity index (χ4n) is 2.98. The monoisotopic (exact) mass is 335 g/mol. The third-order valence-corrected chi connectivity index (χ3v) is 4.32. The van der Waals surface area contributed by atoms with E-state index in [-0.39, 0.29) is 6.61 Å². The summed E-state index contributed by atoms with van der Waals surface area (Å²) in [6, 6.07) is 7.75. The number of rotatable bonds is 6. The van der Waals surface area contributed by atoms with Crippen molar-refractivity contribution in [2.45, 2.75) is 32.2 Å². The van der Waals surface area contributed by atoms with E-state index >= 15 is 0 Å². The van der Waals surface area contributed by atoms with E-state index < -0.39 is 0 Å². The van der Waals surface area contributed by atoms with Crippen molar-refractivity contribution in [1.29, 1.82) is 0 Å². The van der Waals surface area contributed by atoms with Crippen molar-refractivity contribution >= 4 is 11.6 Å². The van der Waals surface area contributed by atoms with Crippen LogP contribution in [0.25, 0.3) is 0 Å². The summed E-state index contributed by atoms with van der Waals surface area (Å²) in [5.74, 6) is 2.20. The molecule has 3 rings (SSSR count). The highest BCUT2D eigenvalue weighted by molar-refractivity contribution is 6.30. The average Bonchev–Trinajstić information content (AvgIpc) is 2.90. The van der Waals surface area contributed by atoms with Gasteiger partial charge in [-0.2, -0.15) is 5.10 Å². The van der Waals surface area contributed by atoms with Gasteiger partial charge in [0.05, 0.1) is 13.2 Å². The van der Waals surface area contributed by atoms with Crippen LogP contribution in [0.3, 0.4) is 0 Å². The van der Waals surface area contributed by atoms with Crippen LogP contribution in [0.4, 0.5) is 0 Å². The van der Waals surface area contributed by atoms with Gasteiger partial charge in [-0.25, -0.2) is 9.67 Å². The molecule has 124 valence electrons. The van der Waals surface area contributed by atoms with Crippen molar-refractivity contribution in [2.75, 3.05) is 19.8 Å². The SMILES string of the molecule is OCCn1nc(Cc2cccc(Cl)c2)nc1CC1CCCOC1. The lowest BCUT2D eigenvalue weighted by Crippen LogP contribution is -2.21. The Balaban J connectivity index is 1.74. The van der Waals surface area contributed by atoms with E-state index in [0.29, 0.717) is 18.9 Å². The molecule has 23 heavy (non-hydrogen) atoms. The van der Waals surface area contributed by atoms with E-state index in [9.17, 15) is 5.11 Å². The molecule has 1 aliphatic rings. The maximum atomic E-state index is 9.25. The van der Waals surface area contributed by atoms with E-state index in [0.717, 1.165) is 54.7 Å². The Bertz CT molecular complexity index is 639. The maximum absolute atomic E-state index is 9.25. The molecule has 1 saturated heterocycles. The summed E-state index contributed by atoms with van der Waals surface area (Å²) in [5.41, 5.74) is 1.09. The second-order valence-corrected chi connectivity index (χ2v) is 6.42. The van der Waals surface area contributed by atoms with Gasteiger partial charge in [0.2, 0.25) is 0 Å². The van der Waals surface area contributed by atoms with Crippen LogP contribution in [-0.4, -0.2) is 39.7 Å². The van der Waals surface area contributed by atoms with Crippen LogP contribution in [-0.2, 0) is 24.1 Å². The van der Waals surface area contributed by atoms with Crippen LogP contribution >= 0.6 is 11.6 Å². The van der Waals surface area contributed by atoms with E-state index in [1.54, 1.807) is 0 Å². The fourth-order valence-corrected chi connectivity index (χ4v) is 3.19. The summed E-state index contributed by atoms with van der Waals surface area (Å²) in [5, 5.41) is 14.5. The minimum absolute atomic E-state index is 0.0636. The van der Waals surface area contributed by atoms with Crippen LogP contribution in [0, 0.1) is 5.92 Å². The zero-order valence-electron chi connectivity index (χ0n) is 13.1. The van der Waals surface area contributed by atoms with Gasteiger partial charge in [0.1, 0.15) is 5.82 Å². The zero-order chi connectivity index (χ0) is 16.1. The average molecular weight is 336 g/mol. The van der Waals surface area contributed by atoms with Gasteiger partial charge in [0, 0.05) is 31.1 Å². The third-order valence-electron chi connectivity index (χ3n) is 4.08. The molecule has 1 aromatic heterocycles. The molecule has 2 aromatic rings. The molecule has 1 fully saturated rings. The molecule has 0 radical (unpaired) electrons. The molecule has 0 aliphatic carbocycles. The van der Waals surface area contributed by atoms with E-state index in [4.69, 9.17) is 16.3 Å². The Labute approximate surface area is 141 Å². The summed E-state index contributed by atoms with van der Waals surface area (Å²) >= 11 is 6.03. The highest BCUT2D eigenvalue weighted by atomic mass is 35.5. The van der Waals surface area contributed by atoms with Crippen molar-refractivity contribution in [3.63, 3.8) is 0 Å². The highest BCUT2D eigenvalue weighted by Crippen LogP contribution is 2.19. The van der Waals surface area contributed by atoms with Crippen LogP contribution in [0.1, 0.15) is 30.1 Å². The third kappa shape index (κ3) is 4.53. The van der Waals surface area contributed by atoms with E-state index in [1.807, 2.05) is 28.9 Å². The van der Waals surface area contributed by atoms with Gasteiger partial charge in [0.15, 0.2) is 5.82 Å². The molecule has 1 unspecified atom stereocenters. The number of nitrogens with zero attached hydrogens (tertiary/aromatic N) is 3. The van der Waals surface area contributed by atoms with Crippen LogP contribution in [0.5, 0.6) is 0 Å². The first-order valence-corrected chi connectivity index (χ1v) is 8.48. The van der Waals surface area contributed by atoms with Gasteiger partial charge in [-0.15, -0.1) is 0 Å². The van der Waals surface area contributed by atoms with Gasteiger partial charge < -0.3 is 9.84 Å². The molecular weight excluding hydrogens is 314 g/mol. The second-order valence-electron chi connectivity index (χ2n) is 5.98. The first-order chi connectivity index (χ1) is 11.2. The number of halogens is 1. The highest BCUT2D eigenvalue weighted by Gasteiger charge is 2.19. The summed E-state index contributed by atoms with van der Waals surface area (Å²) < 4.78 is 7.38. The van der Waals surface area contributed by atoms with Crippen molar-refractivity contribution in [3.05, 3.63) is 46.5 Å². The minimum atomic E-state index is 0.0636. The minimum Gasteiger partial charge on any atom is -0.394 e. The number of hydrogen-bond acceptors (Lipinski definition) is 4. The van der Waals surface area contributed by atoms with Crippen LogP contribution in [0.2, 0.25) is 5.02 Å². The molecule has 0 spiro atoms. The summed E-state index contributed by atoms with van der Waals surface area (Å²) in [4.78, 5) is 4.69. The summed E-state index contributed by atoms with van der Waals surface area (Å²) in [7, 11) is 0. The molecule has 0 bridgehead atoms. The normalized spacial score (nSPS) is 18.3. The lowest BCUT2D eigenvalue weighted by Gasteiger charge is -2.21. The Morgan fingerprint density at radius 1 is 1.39 bits per heavy atom. The Hall–Kier alpha value is -1.43. The first-order valence-electron chi connectivity index (χ1n) is 8.10. The topological polar surface area (TPSA) is 60.2 Å². The molecule has 0 amide bonds. The predicted octanol–water partition coefficient (Wildman–Crippen LogP) is 2.48. The predicted molar refractivity (Wildman–Crippen MR) is 88.6 cm³/mol. The van der Waals surface area contributed by atoms with Crippen LogP contribution < -0.4 is 0 Å². The number of benzene rings is 1. The Morgan fingerprint density at radius 2 is 2.30 bits per heavy atom. The lowest BCUT2D eigenvalue weighted by molar-refractivity contribution is 0.0538. The zero-order valence-corrected chi connectivity index (χ0v) is 13.9. The fraction of sp³-hybridized carbons (Fsp3) is 0.529. The quantitative estimate of drug-likeness (QED) is 0.881. The molecule has 6 heteroatoms. The number of ether oxygens (including phenoxy) is 1. The van der Waals surface area contributed by atoms with Gasteiger partial charge in [0.25, 0.3) is 0 Å². The summed E-state index contributed by atoms with van der Waals surface area (Å²) in [6.45, 7) is 2.19. The lowest BCUT2D eigenvalue weighted by atomic mass is 9.98. The Kier molecular flexibility index (Phi) is 5.65. The molecular formula is C17H22ClN3O2. The number of aliphatic hydroxyl groups is 1. The molecule has 1 aromatic carbocycles. The molecule has 1 aliphatic heterocycles. The largest absolute Gasteiger partial charge is 0.394 e. The maximum Gasteiger partial charge on any atom is 0.155 e. The van der Waals surface area contributed by atoms with E-state index in [2.05, 4.69) is 10.1 Å². The molecule has 2 heterocycles. The van der Waals surface area contributed by atoms with Crippen molar-refractivity contribution in [1.82, 2.24) is 14.8 Å². The number of hydrogen-bond donors (Lipinski definition) is 1. The van der Waals surface area contributed by atoms with Crippen molar-refractivity contribution in [2.24, 2.45) is 5.92 Å². The van der Waals surface area contributed by atoms with Gasteiger partial charge in [-0.1, -0.05) is 23.7 Å². The van der Waals surface area contributed by atoms with Crippen molar-refractivity contribution < 1.29 is 9.84 Å². The first kappa shape index (κ1) is 16.4. The molecule has 1 N–H and O–H groups in total. The number of aromatic nitrogens is 3. The summed E-state index contributed by atoms with van der Waals surface area (Å²) in [6.07, 6.45) is 3.76. The molecule has 0 saturated carbocycles. The molecule has 1 atom stereocenters. The van der Waals surface area contributed by atoms with E-state index in [1.165, 1.54) is 0 Å². The number of aliphatic hydroxyl groups excluding tert-OH is 1. The second kappa shape index (κ2) is 7.90. The van der Waals surface area contributed by atoms with Gasteiger partial charge >= 0.3 is 0 Å².